The standard InChI is InChI=1S/C18H16Br2N2O4S.C9H7BrN2O.C9H11ClO3S.CH4.I19/c1-3-11-7-8-15(25-2)16(9-11)27(23,24)22-17-10-14(21-26-17)12-5-4-6-13(19)18(12)20;10-7-3-1-2-6(4-7)8-5-9(11)13-12-8;1-3-7-4-5-8(13-2)9(6-7)14(10,11)12;;1-11-13(4)15(6)17(8)19(10)18(9)16(7)14(5)12(2)3/h4-10,22H,3H2,1-2H3;1-5H,11H2;4-6H,3H2,1-2H3;1H4;/q;;;;-1. The second-order valence-corrected chi connectivity index (χ2v) is 425. The molecule has 0 radical (unpaired) electrons. The number of nitrogens with two attached hydrogens (primary N) is 1. The molecule has 0 spiro atoms. The van der Waals surface area contributed by atoms with Crippen LogP contribution in [0.25, 0.3) is 22.5 Å². The van der Waals surface area contributed by atoms with Gasteiger partial charge in [-0.25, -0.2) is 21.6 Å². The molecule has 0 aliphatic carbocycles. The quantitative estimate of drug-likeness (QED) is 0.0618. The van der Waals surface area contributed by atoms with Crippen molar-refractivity contribution in [2.24, 2.45) is 0 Å². The number of anilines is 2. The van der Waals surface area contributed by atoms with Crippen molar-refractivity contribution in [3.8, 4) is 34.0 Å². The molecule has 0 aliphatic rings. The van der Waals surface area contributed by atoms with Crippen molar-refractivity contribution < 1.29 is 48.6 Å². The van der Waals surface area contributed by atoms with Crippen LogP contribution in [0.15, 0.2) is 123 Å². The predicted octanol–water partition coefficient (Wildman–Crippen LogP) is 23.7. The summed E-state index contributed by atoms with van der Waals surface area (Å²) in [6.07, 6.45) is 1.46. The Morgan fingerprint density at radius 1 is 0.676 bits per heavy atom. The van der Waals surface area contributed by atoms with Gasteiger partial charge in [0.05, 0.1) is 14.2 Å². The van der Waals surface area contributed by atoms with Crippen LogP contribution in [0, 0.1) is 0 Å². The largest absolute Gasteiger partial charge is 0.368 e. The number of nitrogens with zero attached hydrogens (tertiary/aromatic N) is 2. The number of halogens is 23. The van der Waals surface area contributed by atoms with Crippen molar-refractivity contribution in [3.05, 3.63) is 116 Å². The molecule has 2 heterocycles. The zero-order chi connectivity index (χ0) is 55.0. The van der Waals surface area contributed by atoms with E-state index < -0.39 is 27.0 Å². The number of sulfonamides is 1. The van der Waals surface area contributed by atoms with Gasteiger partial charge < -0.3 is 24.3 Å². The summed E-state index contributed by atoms with van der Waals surface area (Å²) in [6, 6.07) is 26.6. The number of benzene rings is 4. The molecule has 6 rings (SSSR count). The van der Waals surface area contributed by atoms with Crippen LogP contribution in [0.2, 0.25) is 0 Å². The fourth-order valence-electron chi connectivity index (χ4n) is 4.90. The summed E-state index contributed by atoms with van der Waals surface area (Å²) < 4.78 is 73.1. The van der Waals surface area contributed by atoms with E-state index >= 15 is 0 Å². The van der Waals surface area contributed by atoms with E-state index in [1.807, 2.05) is 68.4 Å². The third-order valence-corrected chi connectivity index (χ3v) is 1250. The van der Waals surface area contributed by atoms with Crippen molar-refractivity contribution >= 4 is 339 Å². The molecule has 0 unspecified atom stereocenters. The summed E-state index contributed by atoms with van der Waals surface area (Å²) in [6.45, 7) is 3.89. The Balaban J connectivity index is 0.000000352. The van der Waals surface area contributed by atoms with Crippen molar-refractivity contribution in [1.29, 1.82) is 0 Å². The van der Waals surface area contributed by atoms with Gasteiger partial charge in [-0.3, -0.25) is 0 Å². The second-order valence-electron chi connectivity index (χ2n) is 12.4. The average molecular weight is 3420 g/mol. The molecule has 0 fully saturated rings. The van der Waals surface area contributed by atoms with E-state index in [9.17, 15) is 16.8 Å². The summed E-state index contributed by atoms with van der Waals surface area (Å²) in [4.78, 5) is 0.0759. The Morgan fingerprint density at radius 3 is 1.68 bits per heavy atom. The number of nitrogen functional groups attached to an aromatic ring is 1. The molecule has 0 atom stereocenters. The first kappa shape index (κ1) is 80.1. The van der Waals surface area contributed by atoms with Crippen LogP contribution in [-0.2, 0) is 31.9 Å². The van der Waals surface area contributed by atoms with Gasteiger partial charge in [0, 0.05) is 47.4 Å². The topological polar surface area (TPSA) is 177 Å². The number of ether oxygens (including phenoxy) is 2. The second kappa shape index (κ2) is 41.5. The maximum absolute atomic E-state index is 12.8. The van der Waals surface area contributed by atoms with Gasteiger partial charge in [0.2, 0.25) is 11.8 Å². The Hall–Kier alpha value is 10.0. The molecule has 0 saturated carbocycles. The van der Waals surface area contributed by atoms with E-state index in [4.69, 9.17) is 34.9 Å². The Bertz CT molecular complexity index is 2950. The van der Waals surface area contributed by atoms with Gasteiger partial charge in [0.15, 0.2) is 0 Å². The van der Waals surface area contributed by atoms with E-state index in [2.05, 4.69) is 249 Å². The number of hydrogen-bond acceptors (Lipinski definition) is 11. The normalized spacial score (nSPS) is 12.6. The predicted molar refractivity (Wildman–Crippen MR) is 479 cm³/mol. The summed E-state index contributed by atoms with van der Waals surface area (Å²) in [7, 11) is -2.52. The first-order valence-corrected chi connectivity index (χ1v) is 138. The van der Waals surface area contributed by atoms with Crippen molar-refractivity contribution in [1.82, 2.24) is 10.3 Å². The summed E-state index contributed by atoms with van der Waals surface area (Å²) >= 11 is 41.2. The zero-order valence-electron chi connectivity index (χ0n) is 36.3. The molecule has 37 heteroatoms. The van der Waals surface area contributed by atoms with Gasteiger partial charge in [-0.2, -0.15) is 0 Å². The number of nitrogens with one attached hydrogen (secondary N) is 1. The van der Waals surface area contributed by atoms with Crippen LogP contribution >= 0.6 is 308 Å². The SMILES string of the molecule is C.CCc1ccc(OC)c(S(=O)(=O)Cl)c1.CCc1ccc(OC)c(S(=O)(=O)Nc2cc(-c3cccc(Br)c3Br)no2)c1.I[I-]I(I)I(I)I(I)I(I)I(I)I(I)I(I)I(I)I.Nc1cc(-c2cccc(Br)c2)no1. The van der Waals surface area contributed by atoms with Crippen LogP contribution in [0.5, 0.6) is 11.5 Å². The van der Waals surface area contributed by atoms with Gasteiger partial charge in [-0.1, -0.05) is 83.9 Å². The smallest absolute Gasteiger partial charge is 0.222 e. The number of methoxy groups -OCH3 is 2. The van der Waals surface area contributed by atoms with E-state index in [1.54, 1.807) is 24.3 Å². The number of rotatable bonds is 18. The fraction of sp³-hybridized carbons (Fsp3) is 0.189. The molecule has 0 saturated heterocycles. The summed E-state index contributed by atoms with van der Waals surface area (Å²) in [5.41, 5.74) is 10.2. The number of hydrogen-bond donors (Lipinski definition) is 2. The van der Waals surface area contributed by atoms with E-state index in [-0.39, 0.29) is 89.9 Å². The van der Waals surface area contributed by atoms with Crippen molar-refractivity contribution in [3.63, 3.8) is 0 Å². The molecule has 0 aliphatic heterocycles. The van der Waals surface area contributed by atoms with Crippen molar-refractivity contribution in [2.45, 2.75) is 43.9 Å². The molecule has 428 valence electrons. The Morgan fingerprint density at radius 2 is 1.19 bits per heavy atom. The molecule has 0 amide bonds. The molecule has 2 aromatic heterocycles. The molecule has 4 aromatic carbocycles. The molecular formula is C37H38Br3ClI19N4O8S2-. The molecule has 0 bridgehead atoms. The van der Waals surface area contributed by atoms with Crippen molar-refractivity contribution in [2.75, 3.05) is 24.7 Å². The Labute approximate surface area is 597 Å². The zero-order valence-corrected chi connectivity index (χ0v) is 84.5. The van der Waals surface area contributed by atoms with Gasteiger partial charge in [-0.15, -0.1) is 0 Å². The molecule has 3 N–H and O–H groups in total. The first-order chi connectivity index (χ1) is 34.2. The summed E-state index contributed by atoms with van der Waals surface area (Å²) in [5, 5.41) is 7.76. The molecule has 12 nitrogen and oxygen atoms in total. The van der Waals surface area contributed by atoms with Crippen LogP contribution in [0.3, 0.4) is 0 Å². The Kier molecular flexibility index (Phi) is 44.9. The van der Waals surface area contributed by atoms with Crippen LogP contribution in [0.1, 0.15) is 32.4 Å². The van der Waals surface area contributed by atoms with Crippen LogP contribution < -0.4 is 33.2 Å². The monoisotopic (exact) mass is 3410 g/mol. The fourth-order valence-corrected chi connectivity index (χ4v) is 2730. The maximum Gasteiger partial charge on any atom is 0.222 e. The van der Waals surface area contributed by atoms with E-state index in [1.165, 1.54) is 26.4 Å². The minimum Gasteiger partial charge on any atom is -0.368 e. The number of aromatic nitrogens is 2. The number of aryl methyl sites for hydroxylation is 2. The third-order valence-electron chi connectivity index (χ3n) is 8.06. The third kappa shape index (κ3) is 27.1. The average Bonchev–Trinajstić information content (AvgIpc) is 4.03. The minimum atomic E-state index is -3.91. The maximum atomic E-state index is 12.8. The minimum absolute atomic E-state index is 0. The van der Waals surface area contributed by atoms with Crippen LogP contribution in [0.4, 0.5) is 11.8 Å². The van der Waals surface area contributed by atoms with E-state index in [0.29, 0.717) is 31.3 Å². The van der Waals surface area contributed by atoms with Gasteiger partial charge in [0.25, 0.3) is 19.1 Å². The molecular weight excluding hydrogens is 3380 g/mol. The first-order valence-electron chi connectivity index (χ1n) is 18.4. The molecule has 74 heavy (non-hydrogen) atoms. The van der Waals surface area contributed by atoms with Gasteiger partial charge in [-0.05, 0) is 98.3 Å². The molecule has 6 aromatic rings. The van der Waals surface area contributed by atoms with Crippen LogP contribution in [-0.4, -0.2) is 41.4 Å². The van der Waals surface area contributed by atoms with Gasteiger partial charge >= 0.3 is 263 Å². The van der Waals surface area contributed by atoms with E-state index in [0.717, 1.165) is 47.8 Å². The summed E-state index contributed by atoms with van der Waals surface area (Å²) in [5.74, 6) is 0.877. The van der Waals surface area contributed by atoms with Gasteiger partial charge in [0.1, 0.15) is 32.7 Å².